The first kappa shape index (κ1) is 26.6. The fraction of sp³-hybridized carbons (Fsp3) is 0.692. The highest BCUT2D eigenvalue weighted by Gasteiger charge is 2.26. The number of thioether (sulfide) groups is 1. The minimum Gasteiger partial charge on any atom is -0.493 e. The van der Waals surface area contributed by atoms with Crippen LogP contribution >= 0.6 is 11.8 Å². The predicted molar refractivity (Wildman–Crippen MR) is 136 cm³/mol. The maximum absolute atomic E-state index is 12.5. The molecule has 1 N–H and O–H groups in total. The van der Waals surface area contributed by atoms with Crippen molar-refractivity contribution in [3.63, 3.8) is 0 Å². The number of unbranched alkanes of at least 4 members (excludes halogenated alkanes) is 11. The summed E-state index contributed by atoms with van der Waals surface area (Å²) in [5, 5.41) is 3.95. The molecule has 1 aromatic carbocycles. The van der Waals surface area contributed by atoms with Gasteiger partial charge in [0.15, 0.2) is 11.5 Å². The highest BCUT2D eigenvalue weighted by Crippen LogP contribution is 2.31. The molecular formula is C26H42N2O3S. The monoisotopic (exact) mass is 462 g/mol. The minimum absolute atomic E-state index is 0.0380. The van der Waals surface area contributed by atoms with Gasteiger partial charge < -0.3 is 14.8 Å². The second-order valence-corrected chi connectivity index (χ2v) is 9.52. The lowest BCUT2D eigenvalue weighted by molar-refractivity contribution is -0.121. The smallest absolute Gasteiger partial charge is 0.245 e. The minimum atomic E-state index is -0.305. The Morgan fingerprint density at radius 1 is 0.938 bits per heavy atom. The van der Waals surface area contributed by atoms with Crippen molar-refractivity contribution in [1.29, 1.82) is 0 Å². The number of hydrogen-bond acceptors (Lipinski definition) is 5. The molecule has 1 amide bonds. The molecule has 1 atom stereocenters. The Morgan fingerprint density at radius 2 is 1.53 bits per heavy atom. The highest BCUT2D eigenvalue weighted by atomic mass is 32.2. The fourth-order valence-corrected chi connectivity index (χ4v) is 4.97. The number of ether oxygens (including phenoxy) is 2. The Bertz CT molecular complexity index is 708. The zero-order chi connectivity index (χ0) is 23.0. The number of amides is 1. The molecule has 0 bridgehead atoms. The number of benzene rings is 1. The number of methoxy groups -OCH3 is 2. The summed E-state index contributed by atoms with van der Waals surface area (Å²) in [5.41, 5.74) is 0.962. The summed E-state index contributed by atoms with van der Waals surface area (Å²) in [6.07, 6.45) is 15.9. The SMILES string of the molecule is CCCCCCCCCCCCCCNC(=O)[C@@H]1CSC(c2ccc(OC)c(OC)c2)=N1. The molecular weight excluding hydrogens is 420 g/mol. The third-order valence-corrected chi connectivity index (χ3v) is 7.01. The summed E-state index contributed by atoms with van der Waals surface area (Å²) in [7, 11) is 3.24. The summed E-state index contributed by atoms with van der Waals surface area (Å²) >= 11 is 1.62. The largest absolute Gasteiger partial charge is 0.493 e. The second kappa shape index (κ2) is 16.0. The molecule has 0 unspecified atom stereocenters. The van der Waals surface area contributed by atoms with Crippen LogP contribution in [0.15, 0.2) is 23.2 Å². The lowest BCUT2D eigenvalue weighted by Crippen LogP contribution is -2.34. The number of hydrogen-bond donors (Lipinski definition) is 1. The van der Waals surface area contributed by atoms with Crippen LogP contribution in [0.5, 0.6) is 11.5 Å². The Hall–Kier alpha value is -1.69. The molecule has 1 aliphatic heterocycles. The van der Waals surface area contributed by atoms with E-state index in [0.717, 1.165) is 23.6 Å². The molecule has 6 heteroatoms. The van der Waals surface area contributed by atoms with Crippen LogP contribution in [0, 0.1) is 0 Å². The van der Waals surface area contributed by atoms with Gasteiger partial charge in [0, 0.05) is 17.9 Å². The molecule has 1 aliphatic rings. The van der Waals surface area contributed by atoms with Crippen LogP contribution in [0.2, 0.25) is 0 Å². The number of nitrogens with zero attached hydrogens (tertiary/aromatic N) is 1. The molecule has 0 radical (unpaired) electrons. The maximum atomic E-state index is 12.5. The summed E-state index contributed by atoms with van der Waals surface area (Å²) in [5.74, 6) is 2.09. The van der Waals surface area contributed by atoms with E-state index in [1.165, 1.54) is 70.6 Å². The first-order chi connectivity index (χ1) is 15.7. The first-order valence-corrected chi connectivity index (χ1v) is 13.4. The van der Waals surface area contributed by atoms with E-state index in [9.17, 15) is 4.79 Å². The van der Waals surface area contributed by atoms with Gasteiger partial charge in [-0.15, -0.1) is 11.8 Å². The summed E-state index contributed by atoms with van der Waals surface area (Å²) in [4.78, 5) is 17.1. The van der Waals surface area contributed by atoms with Crippen LogP contribution in [0.3, 0.4) is 0 Å². The number of carbonyl (C=O) groups excluding carboxylic acids is 1. The van der Waals surface area contributed by atoms with Crippen molar-refractivity contribution in [2.24, 2.45) is 4.99 Å². The Kier molecular flexibility index (Phi) is 13.3. The third kappa shape index (κ3) is 9.43. The zero-order valence-electron chi connectivity index (χ0n) is 20.3. The predicted octanol–water partition coefficient (Wildman–Crippen LogP) is 6.38. The van der Waals surface area contributed by atoms with Crippen LogP contribution in [-0.2, 0) is 4.79 Å². The molecule has 0 saturated heterocycles. The second-order valence-electron chi connectivity index (χ2n) is 8.51. The van der Waals surface area contributed by atoms with Crippen LogP contribution in [0.25, 0.3) is 0 Å². The number of rotatable bonds is 17. The van der Waals surface area contributed by atoms with Crippen LogP contribution in [-0.4, -0.2) is 43.5 Å². The van der Waals surface area contributed by atoms with Gasteiger partial charge in [0.1, 0.15) is 6.04 Å². The lowest BCUT2D eigenvalue weighted by Gasteiger charge is -2.09. The summed E-state index contributed by atoms with van der Waals surface area (Å²) in [6, 6.07) is 5.44. The Morgan fingerprint density at radius 3 is 2.12 bits per heavy atom. The molecule has 0 fully saturated rings. The van der Waals surface area contributed by atoms with Crippen molar-refractivity contribution >= 4 is 22.7 Å². The molecule has 0 aromatic heterocycles. The standard InChI is InChI=1S/C26H42N2O3S/c1-4-5-6-7-8-9-10-11-12-13-14-15-18-27-25(29)22-20-32-26(28-22)21-16-17-23(30-2)24(19-21)31-3/h16-17,19,22H,4-15,18,20H2,1-3H3,(H,27,29)/t22-/m0/s1. The van der Waals surface area contributed by atoms with E-state index in [1.54, 1.807) is 26.0 Å². The van der Waals surface area contributed by atoms with Crippen molar-refractivity contribution in [2.75, 3.05) is 26.5 Å². The molecule has 1 aromatic rings. The van der Waals surface area contributed by atoms with Gasteiger partial charge in [0.25, 0.3) is 0 Å². The van der Waals surface area contributed by atoms with Gasteiger partial charge in [-0.3, -0.25) is 9.79 Å². The van der Waals surface area contributed by atoms with Crippen molar-refractivity contribution in [2.45, 2.75) is 90.0 Å². The first-order valence-electron chi connectivity index (χ1n) is 12.4. The van der Waals surface area contributed by atoms with Crippen LogP contribution in [0.4, 0.5) is 0 Å². The van der Waals surface area contributed by atoms with Gasteiger partial charge in [0.05, 0.1) is 19.3 Å². The maximum Gasteiger partial charge on any atom is 0.245 e. The molecule has 5 nitrogen and oxygen atoms in total. The van der Waals surface area contributed by atoms with E-state index in [0.29, 0.717) is 17.3 Å². The van der Waals surface area contributed by atoms with Gasteiger partial charge in [-0.1, -0.05) is 77.6 Å². The average molecular weight is 463 g/mol. The van der Waals surface area contributed by atoms with E-state index < -0.39 is 0 Å². The van der Waals surface area contributed by atoms with Gasteiger partial charge in [0.2, 0.25) is 5.91 Å². The molecule has 1 heterocycles. The molecule has 32 heavy (non-hydrogen) atoms. The zero-order valence-corrected chi connectivity index (χ0v) is 21.1. The van der Waals surface area contributed by atoms with Crippen molar-refractivity contribution < 1.29 is 14.3 Å². The number of nitrogens with one attached hydrogen (secondary N) is 1. The van der Waals surface area contributed by atoms with E-state index in [2.05, 4.69) is 17.2 Å². The average Bonchev–Trinajstić information content (AvgIpc) is 3.32. The Labute approximate surface area is 199 Å². The van der Waals surface area contributed by atoms with E-state index in [-0.39, 0.29) is 11.9 Å². The fourth-order valence-electron chi connectivity index (χ4n) is 3.93. The van der Waals surface area contributed by atoms with Gasteiger partial charge >= 0.3 is 0 Å². The highest BCUT2D eigenvalue weighted by molar-refractivity contribution is 8.14. The van der Waals surface area contributed by atoms with Crippen LogP contribution in [0.1, 0.15) is 89.5 Å². The number of aliphatic imine (C=N–C) groups is 1. The topological polar surface area (TPSA) is 59.9 Å². The van der Waals surface area contributed by atoms with E-state index in [4.69, 9.17) is 9.47 Å². The van der Waals surface area contributed by atoms with Gasteiger partial charge in [-0.25, -0.2) is 0 Å². The molecule has 0 aliphatic carbocycles. The van der Waals surface area contributed by atoms with Gasteiger partial charge in [-0.2, -0.15) is 0 Å². The van der Waals surface area contributed by atoms with Crippen molar-refractivity contribution in [1.82, 2.24) is 5.32 Å². The molecule has 180 valence electrons. The molecule has 0 saturated carbocycles. The summed E-state index contributed by atoms with van der Waals surface area (Å²) in [6.45, 7) is 3.02. The van der Waals surface area contributed by atoms with Crippen LogP contribution < -0.4 is 14.8 Å². The van der Waals surface area contributed by atoms with E-state index in [1.807, 2.05) is 18.2 Å². The van der Waals surface area contributed by atoms with Crippen molar-refractivity contribution in [3.8, 4) is 11.5 Å². The number of carbonyl (C=O) groups is 1. The van der Waals surface area contributed by atoms with Gasteiger partial charge in [-0.05, 0) is 24.6 Å². The third-order valence-electron chi connectivity index (χ3n) is 5.91. The molecule has 0 spiro atoms. The van der Waals surface area contributed by atoms with Crippen molar-refractivity contribution in [3.05, 3.63) is 23.8 Å². The lowest BCUT2D eigenvalue weighted by atomic mass is 10.1. The normalized spacial score (nSPS) is 15.5. The van der Waals surface area contributed by atoms with E-state index >= 15 is 0 Å². The quantitative estimate of drug-likeness (QED) is 0.273. The summed E-state index contributed by atoms with van der Waals surface area (Å²) < 4.78 is 10.7. The molecule has 2 rings (SSSR count). The Balaban J connectivity index is 1.56.